The molecule has 0 aromatic carbocycles. The first kappa shape index (κ1) is 12.9. The van der Waals surface area contributed by atoms with Gasteiger partial charge in [-0.15, -0.1) is 0 Å². The van der Waals surface area contributed by atoms with Gasteiger partial charge in [0.2, 0.25) is 0 Å². The molecule has 0 aliphatic rings. The van der Waals surface area contributed by atoms with Crippen molar-refractivity contribution >= 4 is 12.6 Å². The Bertz CT molecular complexity index is 254. The fraction of sp³-hybridized carbons (Fsp3) is 0.636. The zero-order chi connectivity index (χ0) is 11.4. The van der Waals surface area contributed by atoms with Gasteiger partial charge in [-0.25, -0.2) is 4.99 Å². The van der Waals surface area contributed by atoms with Crippen LogP contribution < -0.4 is 0 Å². The number of rotatable bonds is 2. The highest BCUT2D eigenvalue weighted by atomic mass is 15.1. The monoisotopic (exact) mass is 195 g/mol. The first-order chi connectivity index (χ1) is 6.29. The molecule has 0 saturated carbocycles. The second-order valence-electron chi connectivity index (χ2n) is 4.50. The summed E-state index contributed by atoms with van der Waals surface area (Å²) in [7, 11) is 3.95. The second kappa shape index (κ2) is 4.94. The fourth-order valence-corrected chi connectivity index (χ4v) is 0.751. The van der Waals surface area contributed by atoms with E-state index < -0.39 is 0 Å². The Hall–Kier alpha value is -1.12. The predicted octanol–water partition coefficient (Wildman–Crippen LogP) is 2.55. The molecular formula is C11H21N3. The zero-order valence-electron chi connectivity index (χ0n) is 10.1. The third kappa shape index (κ3) is 4.21. The molecule has 0 aliphatic carbocycles. The summed E-state index contributed by atoms with van der Waals surface area (Å²) < 4.78 is 0. The number of amidine groups is 1. The molecule has 3 heteroatoms. The standard InChI is InChI=1S/C11H21N3/c1-9(14(6)7)13-10(8-12-5)11(2,3)4/h8H,5H2,1-4,6-7H3/b10-8-,13-9+. The third-order valence-electron chi connectivity index (χ3n) is 1.91. The molecule has 0 unspecified atom stereocenters. The van der Waals surface area contributed by atoms with Gasteiger partial charge in [-0.05, 0) is 13.6 Å². The highest BCUT2D eigenvalue weighted by Gasteiger charge is 2.16. The maximum absolute atomic E-state index is 4.51. The molecule has 0 spiro atoms. The summed E-state index contributed by atoms with van der Waals surface area (Å²) in [5.41, 5.74) is 0.942. The van der Waals surface area contributed by atoms with Gasteiger partial charge in [0.15, 0.2) is 0 Å². The maximum atomic E-state index is 4.51. The zero-order valence-corrected chi connectivity index (χ0v) is 10.1. The van der Waals surface area contributed by atoms with Crippen LogP contribution in [0.4, 0.5) is 0 Å². The molecule has 0 aromatic rings. The van der Waals surface area contributed by atoms with Gasteiger partial charge in [0, 0.05) is 25.7 Å². The van der Waals surface area contributed by atoms with E-state index in [-0.39, 0.29) is 5.41 Å². The molecule has 0 amide bonds. The summed E-state index contributed by atoms with van der Waals surface area (Å²) in [6.45, 7) is 11.8. The molecule has 0 atom stereocenters. The van der Waals surface area contributed by atoms with Crippen molar-refractivity contribution < 1.29 is 0 Å². The molecule has 0 fully saturated rings. The summed E-state index contributed by atoms with van der Waals surface area (Å²) in [5.74, 6) is 0.967. The molecule has 0 aromatic heterocycles. The molecule has 3 nitrogen and oxygen atoms in total. The van der Waals surface area contributed by atoms with Gasteiger partial charge in [0.25, 0.3) is 0 Å². The molecule has 0 rings (SSSR count). The van der Waals surface area contributed by atoms with Gasteiger partial charge in [-0.1, -0.05) is 20.8 Å². The van der Waals surface area contributed by atoms with E-state index in [2.05, 4.69) is 37.5 Å². The van der Waals surface area contributed by atoms with Crippen LogP contribution in [0, 0.1) is 5.41 Å². The van der Waals surface area contributed by atoms with Gasteiger partial charge < -0.3 is 4.90 Å². The SMILES string of the molecule is C=N/C=C(\N=C(/C)N(C)C)C(C)(C)C. The van der Waals surface area contributed by atoms with Crippen molar-refractivity contribution in [2.24, 2.45) is 15.4 Å². The van der Waals surface area contributed by atoms with E-state index in [1.165, 1.54) is 0 Å². The number of nitrogens with zero attached hydrogens (tertiary/aromatic N) is 3. The van der Waals surface area contributed by atoms with Crippen LogP contribution in [-0.2, 0) is 0 Å². The van der Waals surface area contributed by atoms with Gasteiger partial charge in [-0.2, -0.15) is 0 Å². The van der Waals surface area contributed by atoms with Crippen molar-refractivity contribution in [1.82, 2.24) is 4.90 Å². The topological polar surface area (TPSA) is 28.0 Å². The number of aliphatic imine (C=N–C) groups is 2. The Labute approximate surface area is 87.2 Å². The van der Waals surface area contributed by atoms with E-state index in [9.17, 15) is 0 Å². The lowest BCUT2D eigenvalue weighted by atomic mass is 9.93. The number of hydrogen-bond acceptors (Lipinski definition) is 2. The lowest BCUT2D eigenvalue weighted by molar-refractivity contribution is 0.493. The van der Waals surface area contributed by atoms with E-state index in [4.69, 9.17) is 0 Å². The quantitative estimate of drug-likeness (QED) is 0.491. The Morgan fingerprint density at radius 1 is 1.29 bits per heavy atom. The molecular weight excluding hydrogens is 174 g/mol. The summed E-state index contributed by atoms with van der Waals surface area (Å²) in [6.07, 6.45) is 1.72. The van der Waals surface area contributed by atoms with Crippen molar-refractivity contribution in [3.63, 3.8) is 0 Å². The normalized spacial score (nSPS) is 14.1. The molecule has 0 radical (unpaired) electrons. The minimum Gasteiger partial charge on any atom is -0.366 e. The van der Waals surface area contributed by atoms with Crippen molar-refractivity contribution in [3.05, 3.63) is 11.9 Å². The van der Waals surface area contributed by atoms with Crippen LogP contribution in [0.1, 0.15) is 27.7 Å². The minimum atomic E-state index is -0.00153. The van der Waals surface area contributed by atoms with Crippen LogP contribution in [0.5, 0.6) is 0 Å². The molecule has 0 heterocycles. The van der Waals surface area contributed by atoms with Crippen molar-refractivity contribution in [2.75, 3.05) is 14.1 Å². The van der Waals surface area contributed by atoms with Crippen LogP contribution >= 0.6 is 0 Å². The molecule has 0 bridgehead atoms. The molecule has 0 N–H and O–H groups in total. The predicted molar refractivity (Wildman–Crippen MR) is 63.9 cm³/mol. The summed E-state index contributed by atoms with van der Waals surface area (Å²) in [6, 6.07) is 0. The lowest BCUT2D eigenvalue weighted by Gasteiger charge is -2.21. The van der Waals surface area contributed by atoms with Gasteiger partial charge in [0.05, 0.1) is 5.70 Å². The molecule has 14 heavy (non-hydrogen) atoms. The first-order valence-electron chi connectivity index (χ1n) is 4.68. The minimum absolute atomic E-state index is 0.00153. The number of allylic oxidation sites excluding steroid dienone is 1. The van der Waals surface area contributed by atoms with Crippen molar-refractivity contribution in [3.8, 4) is 0 Å². The van der Waals surface area contributed by atoms with E-state index in [0.717, 1.165) is 11.5 Å². The summed E-state index contributed by atoms with van der Waals surface area (Å²) in [4.78, 5) is 10.3. The van der Waals surface area contributed by atoms with Crippen molar-refractivity contribution in [2.45, 2.75) is 27.7 Å². The first-order valence-corrected chi connectivity index (χ1v) is 4.68. The smallest absolute Gasteiger partial charge is 0.101 e. The van der Waals surface area contributed by atoms with Crippen LogP contribution in [0.3, 0.4) is 0 Å². The van der Waals surface area contributed by atoms with E-state index in [1.54, 1.807) is 6.20 Å². The van der Waals surface area contributed by atoms with E-state index in [0.29, 0.717) is 0 Å². The fourth-order valence-electron chi connectivity index (χ4n) is 0.751. The molecule has 0 aliphatic heterocycles. The Balaban J connectivity index is 4.99. The Morgan fingerprint density at radius 2 is 1.79 bits per heavy atom. The van der Waals surface area contributed by atoms with Gasteiger partial charge in [-0.3, -0.25) is 4.99 Å². The molecule has 0 saturated heterocycles. The van der Waals surface area contributed by atoms with Crippen molar-refractivity contribution in [1.29, 1.82) is 0 Å². The van der Waals surface area contributed by atoms with Crippen LogP contribution in [0.15, 0.2) is 21.9 Å². The highest BCUT2D eigenvalue weighted by Crippen LogP contribution is 2.26. The Morgan fingerprint density at radius 3 is 2.07 bits per heavy atom. The average molecular weight is 195 g/mol. The van der Waals surface area contributed by atoms with E-state index in [1.807, 2.05) is 25.9 Å². The van der Waals surface area contributed by atoms with Crippen LogP contribution in [-0.4, -0.2) is 31.5 Å². The summed E-state index contributed by atoms with van der Waals surface area (Å²) >= 11 is 0. The van der Waals surface area contributed by atoms with Crippen LogP contribution in [0.25, 0.3) is 0 Å². The number of hydrogen-bond donors (Lipinski definition) is 0. The van der Waals surface area contributed by atoms with E-state index >= 15 is 0 Å². The Kier molecular flexibility index (Phi) is 4.54. The highest BCUT2D eigenvalue weighted by molar-refractivity contribution is 5.80. The second-order valence-corrected chi connectivity index (χ2v) is 4.50. The van der Waals surface area contributed by atoms with Crippen LogP contribution in [0.2, 0.25) is 0 Å². The summed E-state index contributed by atoms with van der Waals surface area (Å²) in [5, 5.41) is 0. The van der Waals surface area contributed by atoms with Gasteiger partial charge in [0.1, 0.15) is 5.84 Å². The largest absolute Gasteiger partial charge is 0.366 e. The van der Waals surface area contributed by atoms with Gasteiger partial charge >= 0.3 is 0 Å². The maximum Gasteiger partial charge on any atom is 0.101 e. The average Bonchev–Trinajstić information content (AvgIpc) is 2.01. The third-order valence-corrected chi connectivity index (χ3v) is 1.91. The molecule has 80 valence electrons. The lowest BCUT2D eigenvalue weighted by Crippen LogP contribution is -2.20.